The second-order valence-corrected chi connectivity index (χ2v) is 3.76. The predicted molar refractivity (Wildman–Crippen MR) is 54.2 cm³/mol. The van der Waals surface area contributed by atoms with Crippen LogP contribution in [0.5, 0.6) is 5.88 Å². The van der Waals surface area contributed by atoms with E-state index in [-0.39, 0.29) is 0 Å². The third kappa shape index (κ3) is 2.04. The standard InChI is InChI=1S/C11H16N2O/c1-14-11-6-5-9(8-13-11)10-4-2-3-7-12-10/h5-6,8,10,12H,2-4,7H2,1H3/p+1/t10-/m1/s1. The van der Waals surface area contributed by atoms with E-state index in [1.807, 2.05) is 12.3 Å². The number of hydrogen-bond acceptors (Lipinski definition) is 2. The normalized spacial score (nSPS) is 21.9. The van der Waals surface area contributed by atoms with E-state index in [9.17, 15) is 0 Å². The van der Waals surface area contributed by atoms with E-state index in [4.69, 9.17) is 4.74 Å². The first kappa shape index (κ1) is 9.46. The number of quaternary nitrogens is 1. The van der Waals surface area contributed by atoms with Crippen molar-refractivity contribution in [2.24, 2.45) is 0 Å². The summed E-state index contributed by atoms with van der Waals surface area (Å²) in [6.45, 7) is 1.25. The molecule has 1 aromatic heterocycles. The Hall–Kier alpha value is -1.09. The van der Waals surface area contributed by atoms with Crippen LogP contribution in [0.3, 0.4) is 0 Å². The molecule has 1 aromatic rings. The van der Waals surface area contributed by atoms with Gasteiger partial charge in [-0.2, -0.15) is 0 Å². The largest absolute Gasteiger partial charge is 0.481 e. The number of piperidine rings is 1. The van der Waals surface area contributed by atoms with Crippen LogP contribution in [0.25, 0.3) is 0 Å². The Morgan fingerprint density at radius 2 is 2.36 bits per heavy atom. The summed E-state index contributed by atoms with van der Waals surface area (Å²) < 4.78 is 5.04. The summed E-state index contributed by atoms with van der Waals surface area (Å²) in [6.07, 6.45) is 5.90. The van der Waals surface area contributed by atoms with Crippen molar-refractivity contribution < 1.29 is 10.1 Å². The van der Waals surface area contributed by atoms with E-state index in [0.29, 0.717) is 11.9 Å². The highest BCUT2D eigenvalue weighted by Gasteiger charge is 2.18. The van der Waals surface area contributed by atoms with Gasteiger partial charge in [0.05, 0.1) is 13.7 Å². The third-order valence-electron chi connectivity index (χ3n) is 2.82. The van der Waals surface area contributed by atoms with Gasteiger partial charge in [-0.1, -0.05) is 0 Å². The molecule has 0 unspecified atom stereocenters. The summed E-state index contributed by atoms with van der Waals surface area (Å²) in [7, 11) is 1.65. The minimum Gasteiger partial charge on any atom is -0.481 e. The smallest absolute Gasteiger partial charge is 0.212 e. The Morgan fingerprint density at radius 1 is 1.43 bits per heavy atom. The number of methoxy groups -OCH3 is 1. The lowest BCUT2D eigenvalue weighted by Crippen LogP contribution is -2.86. The van der Waals surface area contributed by atoms with Crippen LogP contribution in [-0.4, -0.2) is 18.6 Å². The fraction of sp³-hybridized carbons (Fsp3) is 0.545. The lowest BCUT2D eigenvalue weighted by Gasteiger charge is -2.20. The Bertz CT molecular complexity index is 278. The molecule has 0 saturated carbocycles. The summed E-state index contributed by atoms with van der Waals surface area (Å²) in [4.78, 5) is 4.23. The molecule has 0 aromatic carbocycles. The van der Waals surface area contributed by atoms with E-state index in [2.05, 4.69) is 16.4 Å². The lowest BCUT2D eigenvalue weighted by atomic mass is 9.99. The van der Waals surface area contributed by atoms with Crippen LogP contribution >= 0.6 is 0 Å². The maximum atomic E-state index is 5.04. The van der Waals surface area contributed by atoms with E-state index in [0.717, 1.165) is 0 Å². The monoisotopic (exact) mass is 193 g/mol. The first-order chi connectivity index (χ1) is 6.90. The Balaban J connectivity index is 2.07. The fourth-order valence-corrected chi connectivity index (χ4v) is 1.98. The van der Waals surface area contributed by atoms with E-state index in [1.165, 1.54) is 31.4 Å². The lowest BCUT2D eigenvalue weighted by molar-refractivity contribution is -0.704. The number of nitrogens with two attached hydrogens (primary N) is 1. The van der Waals surface area contributed by atoms with Gasteiger partial charge in [0.1, 0.15) is 6.04 Å². The predicted octanol–water partition coefficient (Wildman–Crippen LogP) is 0.879. The average Bonchev–Trinajstić information content (AvgIpc) is 2.30. The van der Waals surface area contributed by atoms with Gasteiger partial charge in [0, 0.05) is 24.2 Å². The van der Waals surface area contributed by atoms with E-state index in [1.54, 1.807) is 7.11 Å². The molecule has 1 aliphatic heterocycles. The summed E-state index contributed by atoms with van der Waals surface area (Å²) in [5.74, 6) is 0.699. The number of pyridine rings is 1. The first-order valence-electron chi connectivity index (χ1n) is 5.23. The zero-order valence-electron chi connectivity index (χ0n) is 8.57. The van der Waals surface area contributed by atoms with Gasteiger partial charge in [-0.25, -0.2) is 4.98 Å². The molecule has 0 radical (unpaired) electrons. The van der Waals surface area contributed by atoms with Crippen LogP contribution in [0, 0.1) is 0 Å². The van der Waals surface area contributed by atoms with Crippen LogP contribution in [0.2, 0.25) is 0 Å². The van der Waals surface area contributed by atoms with Crippen molar-refractivity contribution in [3.05, 3.63) is 23.9 Å². The summed E-state index contributed by atoms with van der Waals surface area (Å²) in [5.41, 5.74) is 1.32. The number of ether oxygens (including phenoxy) is 1. The molecule has 1 saturated heterocycles. The van der Waals surface area contributed by atoms with Gasteiger partial charge >= 0.3 is 0 Å². The molecule has 1 aliphatic rings. The zero-order valence-corrected chi connectivity index (χ0v) is 8.57. The number of aromatic nitrogens is 1. The van der Waals surface area contributed by atoms with Crippen molar-refractivity contribution in [2.75, 3.05) is 13.7 Å². The van der Waals surface area contributed by atoms with Crippen molar-refractivity contribution in [3.63, 3.8) is 0 Å². The van der Waals surface area contributed by atoms with Crippen molar-refractivity contribution in [1.82, 2.24) is 4.98 Å². The van der Waals surface area contributed by atoms with E-state index < -0.39 is 0 Å². The molecule has 0 amide bonds. The highest BCUT2D eigenvalue weighted by atomic mass is 16.5. The zero-order chi connectivity index (χ0) is 9.80. The highest BCUT2D eigenvalue weighted by molar-refractivity contribution is 5.19. The van der Waals surface area contributed by atoms with Crippen LogP contribution in [0.1, 0.15) is 30.9 Å². The summed E-state index contributed by atoms with van der Waals surface area (Å²) in [5, 5.41) is 2.41. The van der Waals surface area contributed by atoms with Gasteiger partial charge in [0.2, 0.25) is 5.88 Å². The van der Waals surface area contributed by atoms with Crippen LogP contribution < -0.4 is 10.1 Å². The molecule has 14 heavy (non-hydrogen) atoms. The van der Waals surface area contributed by atoms with Gasteiger partial charge in [-0.3, -0.25) is 0 Å². The topological polar surface area (TPSA) is 38.7 Å². The molecule has 3 heteroatoms. The van der Waals surface area contributed by atoms with Gasteiger partial charge in [-0.05, 0) is 18.9 Å². The van der Waals surface area contributed by atoms with Gasteiger partial charge in [0.25, 0.3) is 0 Å². The van der Waals surface area contributed by atoms with Crippen LogP contribution in [-0.2, 0) is 0 Å². The number of nitrogens with zero attached hydrogens (tertiary/aromatic N) is 1. The Morgan fingerprint density at radius 3 is 2.93 bits per heavy atom. The molecule has 0 aliphatic carbocycles. The molecule has 1 atom stereocenters. The van der Waals surface area contributed by atoms with Gasteiger partial charge in [0.15, 0.2) is 0 Å². The second kappa shape index (κ2) is 4.42. The minimum absolute atomic E-state index is 0.613. The maximum absolute atomic E-state index is 5.04. The van der Waals surface area contributed by atoms with Crippen LogP contribution in [0.4, 0.5) is 0 Å². The van der Waals surface area contributed by atoms with E-state index >= 15 is 0 Å². The first-order valence-corrected chi connectivity index (χ1v) is 5.23. The number of hydrogen-bond donors (Lipinski definition) is 1. The van der Waals surface area contributed by atoms with Crippen LogP contribution in [0.15, 0.2) is 18.3 Å². The highest BCUT2D eigenvalue weighted by Crippen LogP contribution is 2.18. The molecule has 2 N–H and O–H groups in total. The molecular formula is C11H17N2O+. The minimum atomic E-state index is 0.613. The molecule has 0 bridgehead atoms. The van der Waals surface area contributed by atoms with Crippen molar-refractivity contribution in [1.29, 1.82) is 0 Å². The van der Waals surface area contributed by atoms with Gasteiger partial charge < -0.3 is 10.1 Å². The summed E-state index contributed by atoms with van der Waals surface area (Å²) >= 11 is 0. The summed E-state index contributed by atoms with van der Waals surface area (Å²) in [6, 6.07) is 4.68. The molecule has 2 heterocycles. The molecule has 76 valence electrons. The molecule has 3 nitrogen and oxygen atoms in total. The second-order valence-electron chi connectivity index (χ2n) is 3.76. The molecular weight excluding hydrogens is 176 g/mol. The van der Waals surface area contributed by atoms with Crippen molar-refractivity contribution in [2.45, 2.75) is 25.3 Å². The average molecular weight is 193 g/mol. The maximum Gasteiger partial charge on any atom is 0.212 e. The SMILES string of the molecule is COc1ccc([C@H]2CCCC[NH2+]2)cn1. The Kier molecular flexibility index (Phi) is 2.99. The van der Waals surface area contributed by atoms with Gasteiger partial charge in [-0.15, -0.1) is 0 Å². The molecule has 1 fully saturated rings. The Labute approximate surface area is 84.5 Å². The fourth-order valence-electron chi connectivity index (χ4n) is 1.98. The third-order valence-corrected chi connectivity index (χ3v) is 2.82. The molecule has 0 spiro atoms. The van der Waals surface area contributed by atoms with Crippen molar-refractivity contribution >= 4 is 0 Å². The number of rotatable bonds is 2. The quantitative estimate of drug-likeness (QED) is 0.757. The van der Waals surface area contributed by atoms with Crippen molar-refractivity contribution in [3.8, 4) is 5.88 Å². The molecule has 2 rings (SSSR count).